The third kappa shape index (κ3) is 1.06. The topological polar surface area (TPSA) is 56.2 Å². The zero-order chi connectivity index (χ0) is 8.55. The van der Waals surface area contributed by atoms with E-state index in [2.05, 4.69) is 9.97 Å². The fourth-order valence-electron chi connectivity index (χ4n) is 1.08. The van der Waals surface area contributed by atoms with Crippen LogP contribution in [0.4, 0.5) is 0 Å². The Kier molecular flexibility index (Phi) is 1.55. The van der Waals surface area contributed by atoms with Crippen LogP contribution in [0.15, 0.2) is 24.8 Å². The Labute approximate surface area is 70.1 Å². The van der Waals surface area contributed by atoms with Crippen LogP contribution < -0.4 is 5.73 Å². The maximum Gasteiger partial charge on any atom is 0.139 e. The van der Waals surface area contributed by atoms with E-state index in [0.717, 1.165) is 11.3 Å². The van der Waals surface area contributed by atoms with E-state index in [1.807, 2.05) is 23.6 Å². The van der Waals surface area contributed by atoms with Gasteiger partial charge in [0.2, 0.25) is 0 Å². The van der Waals surface area contributed by atoms with Crippen molar-refractivity contribution >= 4 is 5.65 Å². The Morgan fingerprint density at radius 3 is 3.08 bits per heavy atom. The molecule has 1 unspecified atom stereocenters. The molecule has 2 N–H and O–H groups in total. The largest absolute Gasteiger partial charge is 0.323 e. The van der Waals surface area contributed by atoms with Gasteiger partial charge in [0.25, 0.3) is 0 Å². The third-order valence-electron chi connectivity index (χ3n) is 1.75. The van der Waals surface area contributed by atoms with Gasteiger partial charge in [0.15, 0.2) is 0 Å². The summed E-state index contributed by atoms with van der Waals surface area (Å²) in [7, 11) is 0. The highest BCUT2D eigenvalue weighted by atomic mass is 15.0. The number of nitrogens with zero attached hydrogens (tertiary/aromatic N) is 3. The van der Waals surface area contributed by atoms with E-state index in [9.17, 15) is 0 Å². The van der Waals surface area contributed by atoms with E-state index in [-0.39, 0.29) is 6.04 Å². The van der Waals surface area contributed by atoms with Crippen LogP contribution in [0.3, 0.4) is 0 Å². The summed E-state index contributed by atoms with van der Waals surface area (Å²) in [6.45, 7) is 1.91. The lowest BCUT2D eigenvalue weighted by atomic mass is 10.3. The van der Waals surface area contributed by atoms with Gasteiger partial charge in [-0.2, -0.15) is 0 Å². The molecule has 0 radical (unpaired) electrons. The maximum atomic E-state index is 5.68. The molecule has 0 fully saturated rings. The summed E-state index contributed by atoms with van der Waals surface area (Å²) in [5.74, 6) is 0. The summed E-state index contributed by atoms with van der Waals surface area (Å²) in [6, 6.07) is 1.83. The fourth-order valence-corrected chi connectivity index (χ4v) is 1.08. The van der Waals surface area contributed by atoms with Crippen molar-refractivity contribution in [2.75, 3.05) is 0 Å². The lowest BCUT2D eigenvalue weighted by Crippen LogP contribution is -2.04. The average Bonchev–Trinajstić information content (AvgIpc) is 2.46. The molecule has 0 aliphatic carbocycles. The van der Waals surface area contributed by atoms with Crippen molar-refractivity contribution in [1.82, 2.24) is 14.4 Å². The minimum atomic E-state index is -0.0232. The highest BCUT2D eigenvalue weighted by Gasteiger charge is 2.03. The van der Waals surface area contributed by atoms with Gasteiger partial charge < -0.3 is 5.73 Å². The summed E-state index contributed by atoms with van der Waals surface area (Å²) in [5, 5.41) is 0. The van der Waals surface area contributed by atoms with Crippen molar-refractivity contribution in [2.24, 2.45) is 5.73 Å². The molecule has 2 heterocycles. The number of imidazole rings is 1. The molecule has 0 aliphatic heterocycles. The summed E-state index contributed by atoms with van der Waals surface area (Å²) in [6.07, 6.45) is 5.33. The molecule has 62 valence electrons. The maximum absolute atomic E-state index is 5.68. The van der Waals surface area contributed by atoms with E-state index in [1.54, 1.807) is 12.5 Å². The zero-order valence-corrected chi connectivity index (χ0v) is 6.81. The molecule has 0 bridgehead atoms. The fraction of sp³-hybridized carbons (Fsp3) is 0.250. The number of rotatable bonds is 1. The molecule has 4 heteroatoms. The van der Waals surface area contributed by atoms with Gasteiger partial charge in [-0.05, 0) is 13.0 Å². The summed E-state index contributed by atoms with van der Waals surface area (Å²) >= 11 is 0. The molecule has 2 rings (SSSR count). The lowest BCUT2D eigenvalue weighted by Gasteiger charge is -1.95. The van der Waals surface area contributed by atoms with Crippen molar-refractivity contribution in [2.45, 2.75) is 13.0 Å². The Morgan fingerprint density at radius 2 is 2.42 bits per heavy atom. The number of hydrogen-bond donors (Lipinski definition) is 1. The van der Waals surface area contributed by atoms with Crippen molar-refractivity contribution in [3.63, 3.8) is 0 Å². The second-order valence-corrected chi connectivity index (χ2v) is 2.80. The van der Waals surface area contributed by atoms with Gasteiger partial charge >= 0.3 is 0 Å². The molecule has 0 aliphatic rings. The molecule has 1 atom stereocenters. The average molecular weight is 162 g/mol. The van der Waals surface area contributed by atoms with Gasteiger partial charge in [-0.25, -0.2) is 9.97 Å². The molecule has 4 nitrogen and oxygen atoms in total. The predicted molar refractivity (Wildman–Crippen MR) is 45.6 cm³/mol. The monoisotopic (exact) mass is 162 g/mol. The Bertz CT molecular complexity index is 358. The first-order chi connectivity index (χ1) is 5.77. The molecule has 0 saturated carbocycles. The van der Waals surface area contributed by atoms with Crippen molar-refractivity contribution in [1.29, 1.82) is 0 Å². The van der Waals surface area contributed by atoms with Crippen LogP contribution in [0.25, 0.3) is 5.65 Å². The molecule has 12 heavy (non-hydrogen) atoms. The second kappa shape index (κ2) is 2.57. The van der Waals surface area contributed by atoms with Gasteiger partial charge in [-0.1, -0.05) is 0 Å². The van der Waals surface area contributed by atoms with Crippen molar-refractivity contribution in [3.05, 3.63) is 30.5 Å². The summed E-state index contributed by atoms with van der Waals surface area (Å²) < 4.78 is 1.86. The van der Waals surface area contributed by atoms with Crippen LogP contribution in [-0.4, -0.2) is 14.4 Å². The Morgan fingerprint density at radius 1 is 1.58 bits per heavy atom. The minimum Gasteiger partial charge on any atom is -0.323 e. The third-order valence-corrected chi connectivity index (χ3v) is 1.75. The molecule has 0 amide bonds. The lowest BCUT2D eigenvalue weighted by molar-refractivity contribution is 0.790. The van der Waals surface area contributed by atoms with Gasteiger partial charge in [0.05, 0.1) is 5.69 Å². The van der Waals surface area contributed by atoms with Crippen LogP contribution in [0.5, 0.6) is 0 Å². The number of hydrogen-bond acceptors (Lipinski definition) is 3. The first-order valence-electron chi connectivity index (χ1n) is 3.81. The van der Waals surface area contributed by atoms with E-state index in [0.29, 0.717) is 0 Å². The van der Waals surface area contributed by atoms with Crippen LogP contribution in [-0.2, 0) is 0 Å². The molecule has 2 aromatic rings. The van der Waals surface area contributed by atoms with Crippen LogP contribution in [0.2, 0.25) is 0 Å². The van der Waals surface area contributed by atoms with Crippen LogP contribution in [0.1, 0.15) is 18.7 Å². The molecular weight excluding hydrogens is 152 g/mol. The van der Waals surface area contributed by atoms with E-state index < -0.39 is 0 Å². The van der Waals surface area contributed by atoms with Crippen LogP contribution in [0, 0.1) is 0 Å². The normalized spacial score (nSPS) is 13.5. The highest BCUT2D eigenvalue weighted by Crippen LogP contribution is 2.08. The van der Waals surface area contributed by atoms with Gasteiger partial charge in [0, 0.05) is 18.4 Å². The first-order valence-corrected chi connectivity index (χ1v) is 3.81. The molecule has 0 saturated heterocycles. The number of aromatic nitrogens is 3. The molecule has 2 aromatic heterocycles. The second-order valence-electron chi connectivity index (χ2n) is 2.80. The smallest absolute Gasteiger partial charge is 0.139 e. The standard InChI is InChI=1S/C8H10N4/c1-6(9)7-4-12-5-10-3-2-8(12)11-7/h2-6H,9H2,1H3. The van der Waals surface area contributed by atoms with Crippen LogP contribution >= 0.6 is 0 Å². The summed E-state index contributed by atoms with van der Waals surface area (Å²) in [4.78, 5) is 8.28. The minimum absolute atomic E-state index is 0.0232. The Balaban J connectivity index is 2.62. The SMILES string of the molecule is CC(N)c1cn2cnccc2n1. The number of fused-ring (bicyclic) bond motifs is 1. The van der Waals surface area contributed by atoms with E-state index >= 15 is 0 Å². The highest BCUT2D eigenvalue weighted by molar-refractivity contribution is 5.38. The molecular formula is C8H10N4. The van der Waals surface area contributed by atoms with Crippen molar-refractivity contribution < 1.29 is 0 Å². The van der Waals surface area contributed by atoms with Crippen molar-refractivity contribution in [3.8, 4) is 0 Å². The van der Waals surface area contributed by atoms with E-state index in [1.165, 1.54) is 0 Å². The van der Waals surface area contributed by atoms with Gasteiger partial charge in [-0.15, -0.1) is 0 Å². The van der Waals surface area contributed by atoms with Gasteiger partial charge in [-0.3, -0.25) is 4.40 Å². The molecule has 0 aromatic carbocycles. The van der Waals surface area contributed by atoms with Gasteiger partial charge in [0.1, 0.15) is 12.0 Å². The number of nitrogens with two attached hydrogens (primary N) is 1. The quantitative estimate of drug-likeness (QED) is 0.673. The molecule has 0 spiro atoms. The predicted octanol–water partition coefficient (Wildman–Crippen LogP) is 0.749. The van der Waals surface area contributed by atoms with E-state index in [4.69, 9.17) is 5.73 Å². The zero-order valence-electron chi connectivity index (χ0n) is 6.81. The summed E-state index contributed by atoms with van der Waals surface area (Å²) in [5.41, 5.74) is 7.46. The first kappa shape index (κ1) is 7.24. The Hall–Kier alpha value is -1.42.